The molecule has 1 aliphatic rings. The normalized spacial score (nSPS) is 18.3. The number of aliphatic hydroxyl groups is 1. The van der Waals surface area contributed by atoms with Crippen LogP contribution in [0.5, 0.6) is 0 Å². The number of nitrogens with zero attached hydrogens (tertiary/aromatic N) is 2. The van der Waals surface area contributed by atoms with Gasteiger partial charge in [0.2, 0.25) is 5.89 Å². The molecule has 21 heavy (non-hydrogen) atoms. The van der Waals surface area contributed by atoms with E-state index in [1.807, 2.05) is 30.3 Å². The van der Waals surface area contributed by atoms with Crippen molar-refractivity contribution in [2.75, 3.05) is 0 Å². The van der Waals surface area contributed by atoms with Gasteiger partial charge in [-0.25, -0.2) is 0 Å². The Morgan fingerprint density at radius 1 is 1.10 bits per heavy atom. The first kappa shape index (κ1) is 14.3. The van der Waals surface area contributed by atoms with Gasteiger partial charge in [0.15, 0.2) is 5.82 Å². The summed E-state index contributed by atoms with van der Waals surface area (Å²) in [6.45, 7) is 0. The lowest BCUT2D eigenvalue weighted by Crippen LogP contribution is -2.03. The average molecular weight is 286 g/mol. The third-order valence-electron chi connectivity index (χ3n) is 4.26. The summed E-state index contributed by atoms with van der Waals surface area (Å²) in [4.78, 5) is 4.50. The van der Waals surface area contributed by atoms with Crippen LogP contribution in [0.3, 0.4) is 0 Å². The van der Waals surface area contributed by atoms with E-state index in [4.69, 9.17) is 4.52 Å². The van der Waals surface area contributed by atoms with E-state index >= 15 is 0 Å². The molecule has 1 N–H and O–H groups in total. The van der Waals surface area contributed by atoms with E-state index in [0.29, 0.717) is 18.2 Å². The Balaban J connectivity index is 1.64. The number of hydrogen-bond donors (Lipinski definition) is 1. The van der Waals surface area contributed by atoms with Crippen LogP contribution in [0.25, 0.3) is 0 Å². The summed E-state index contributed by atoms with van der Waals surface area (Å²) in [7, 11) is 0. The second-order valence-corrected chi connectivity index (χ2v) is 5.87. The fourth-order valence-corrected chi connectivity index (χ4v) is 3.01. The van der Waals surface area contributed by atoms with Crippen molar-refractivity contribution in [3.8, 4) is 0 Å². The van der Waals surface area contributed by atoms with Gasteiger partial charge in [0, 0.05) is 5.92 Å². The van der Waals surface area contributed by atoms with Gasteiger partial charge in [0.05, 0.1) is 12.5 Å². The lowest BCUT2D eigenvalue weighted by atomic mass is 10.00. The van der Waals surface area contributed by atoms with Crippen LogP contribution in [-0.4, -0.2) is 15.2 Å². The molecule has 4 nitrogen and oxygen atoms in total. The van der Waals surface area contributed by atoms with Gasteiger partial charge in [0.1, 0.15) is 0 Å². The Morgan fingerprint density at radius 2 is 1.81 bits per heavy atom. The average Bonchev–Trinajstić information content (AvgIpc) is 2.81. The van der Waals surface area contributed by atoms with E-state index in [-0.39, 0.29) is 0 Å². The molecule has 1 aromatic carbocycles. The van der Waals surface area contributed by atoms with Crippen LogP contribution in [0.1, 0.15) is 67.8 Å². The van der Waals surface area contributed by atoms with Crippen molar-refractivity contribution in [1.29, 1.82) is 0 Å². The predicted molar refractivity (Wildman–Crippen MR) is 79.8 cm³/mol. The lowest BCUT2D eigenvalue weighted by molar-refractivity contribution is 0.164. The summed E-state index contributed by atoms with van der Waals surface area (Å²) in [5.74, 6) is 1.79. The molecule has 2 aromatic rings. The van der Waals surface area contributed by atoms with Gasteiger partial charge in [-0.2, -0.15) is 4.98 Å². The quantitative estimate of drug-likeness (QED) is 0.869. The molecule has 1 saturated carbocycles. The van der Waals surface area contributed by atoms with Gasteiger partial charge in [0.25, 0.3) is 0 Å². The molecule has 0 amide bonds. The van der Waals surface area contributed by atoms with E-state index < -0.39 is 6.10 Å². The number of aliphatic hydroxyl groups excluding tert-OH is 1. The molecule has 1 aliphatic carbocycles. The molecule has 1 atom stereocenters. The van der Waals surface area contributed by atoms with E-state index in [1.54, 1.807) is 0 Å². The maximum Gasteiger partial charge on any atom is 0.229 e. The Labute approximate surface area is 125 Å². The van der Waals surface area contributed by atoms with Gasteiger partial charge in [-0.05, 0) is 18.4 Å². The molecular weight excluding hydrogens is 264 g/mol. The molecule has 0 bridgehead atoms. The van der Waals surface area contributed by atoms with E-state index in [0.717, 1.165) is 24.2 Å². The molecule has 0 radical (unpaired) electrons. The highest BCUT2D eigenvalue weighted by atomic mass is 16.5. The molecule has 0 spiro atoms. The minimum Gasteiger partial charge on any atom is -0.388 e. The SMILES string of the molecule is OC(Cc1nc(C2CCCCCC2)no1)c1ccccc1. The van der Waals surface area contributed by atoms with Crippen LogP contribution in [0.2, 0.25) is 0 Å². The fourth-order valence-electron chi connectivity index (χ4n) is 3.01. The molecule has 112 valence electrons. The van der Waals surface area contributed by atoms with Crippen molar-refractivity contribution in [2.24, 2.45) is 0 Å². The van der Waals surface area contributed by atoms with Gasteiger partial charge >= 0.3 is 0 Å². The molecule has 4 heteroatoms. The number of aromatic nitrogens is 2. The smallest absolute Gasteiger partial charge is 0.229 e. The zero-order valence-corrected chi connectivity index (χ0v) is 12.2. The summed E-state index contributed by atoms with van der Waals surface area (Å²) in [5, 5.41) is 14.3. The number of hydrogen-bond acceptors (Lipinski definition) is 4. The van der Waals surface area contributed by atoms with Crippen molar-refractivity contribution in [3.63, 3.8) is 0 Å². The van der Waals surface area contributed by atoms with Crippen molar-refractivity contribution in [1.82, 2.24) is 10.1 Å². The van der Waals surface area contributed by atoms with Gasteiger partial charge < -0.3 is 9.63 Å². The van der Waals surface area contributed by atoms with Gasteiger partial charge in [-0.1, -0.05) is 61.2 Å². The largest absolute Gasteiger partial charge is 0.388 e. The molecule has 1 fully saturated rings. The molecule has 0 aliphatic heterocycles. The highest BCUT2D eigenvalue weighted by molar-refractivity contribution is 5.18. The standard InChI is InChI=1S/C17H22N2O2/c20-15(13-8-6-3-7-9-13)12-16-18-17(19-21-16)14-10-4-1-2-5-11-14/h3,6-9,14-15,20H,1-2,4-5,10-12H2. The Hall–Kier alpha value is -1.68. The molecule has 1 heterocycles. The first-order valence-electron chi connectivity index (χ1n) is 7.88. The van der Waals surface area contributed by atoms with Crippen LogP contribution in [0.15, 0.2) is 34.9 Å². The van der Waals surface area contributed by atoms with Gasteiger partial charge in [-0.15, -0.1) is 0 Å². The summed E-state index contributed by atoms with van der Waals surface area (Å²) in [6.07, 6.45) is 7.22. The van der Waals surface area contributed by atoms with Crippen LogP contribution in [0, 0.1) is 0 Å². The number of benzene rings is 1. The zero-order chi connectivity index (χ0) is 14.5. The lowest BCUT2D eigenvalue weighted by Gasteiger charge is -2.08. The van der Waals surface area contributed by atoms with Crippen LogP contribution >= 0.6 is 0 Å². The summed E-state index contributed by atoms with van der Waals surface area (Å²) >= 11 is 0. The predicted octanol–water partition coefficient (Wildman–Crippen LogP) is 3.78. The summed E-state index contributed by atoms with van der Waals surface area (Å²) < 4.78 is 5.33. The highest BCUT2D eigenvalue weighted by Crippen LogP contribution is 2.30. The Kier molecular flexibility index (Phi) is 4.65. The van der Waals surface area contributed by atoms with Crippen LogP contribution in [0.4, 0.5) is 0 Å². The van der Waals surface area contributed by atoms with Crippen LogP contribution < -0.4 is 0 Å². The topological polar surface area (TPSA) is 59.2 Å². The van der Waals surface area contributed by atoms with Crippen molar-refractivity contribution in [2.45, 2.75) is 57.0 Å². The summed E-state index contributed by atoms with van der Waals surface area (Å²) in [5.41, 5.74) is 0.881. The molecular formula is C17H22N2O2. The molecule has 3 rings (SSSR count). The second-order valence-electron chi connectivity index (χ2n) is 5.87. The maximum absolute atomic E-state index is 10.2. The third kappa shape index (κ3) is 3.70. The van der Waals surface area contributed by atoms with E-state index in [9.17, 15) is 5.11 Å². The summed E-state index contributed by atoms with van der Waals surface area (Å²) in [6, 6.07) is 9.60. The minimum absolute atomic E-state index is 0.379. The second kappa shape index (κ2) is 6.85. The first-order chi connectivity index (χ1) is 10.3. The van der Waals surface area contributed by atoms with E-state index in [2.05, 4.69) is 10.1 Å². The molecule has 1 aromatic heterocycles. The fraction of sp³-hybridized carbons (Fsp3) is 0.529. The third-order valence-corrected chi connectivity index (χ3v) is 4.26. The minimum atomic E-state index is -0.589. The van der Waals surface area contributed by atoms with E-state index in [1.165, 1.54) is 25.7 Å². The highest BCUT2D eigenvalue weighted by Gasteiger charge is 2.21. The molecule has 1 unspecified atom stereocenters. The van der Waals surface area contributed by atoms with Crippen LogP contribution in [-0.2, 0) is 6.42 Å². The zero-order valence-electron chi connectivity index (χ0n) is 12.2. The monoisotopic (exact) mass is 286 g/mol. The Bertz CT molecular complexity index is 545. The van der Waals surface area contributed by atoms with Crippen molar-refractivity contribution >= 4 is 0 Å². The van der Waals surface area contributed by atoms with Gasteiger partial charge in [-0.3, -0.25) is 0 Å². The Morgan fingerprint density at radius 3 is 2.52 bits per heavy atom. The maximum atomic E-state index is 10.2. The van der Waals surface area contributed by atoms with Crippen molar-refractivity contribution in [3.05, 3.63) is 47.6 Å². The van der Waals surface area contributed by atoms with Crippen molar-refractivity contribution < 1.29 is 9.63 Å². The molecule has 0 saturated heterocycles. The first-order valence-corrected chi connectivity index (χ1v) is 7.88. The number of rotatable bonds is 4.